The fourth-order valence-electron chi connectivity index (χ4n) is 2.22. The highest BCUT2D eigenvalue weighted by Gasteiger charge is 2.31. The van der Waals surface area contributed by atoms with E-state index in [0.717, 1.165) is 17.7 Å². The zero-order valence-corrected chi connectivity index (χ0v) is 13.4. The molecule has 0 bridgehead atoms. The smallest absolute Gasteiger partial charge is 0.350 e. The van der Waals surface area contributed by atoms with E-state index in [-0.39, 0.29) is 11.1 Å². The predicted molar refractivity (Wildman–Crippen MR) is 88.5 cm³/mol. The minimum Gasteiger partial charge on any atom is -0.350 e. The Morgan fingerprint density at radius 3 is 2.35 bits per heavy atom. The van der Waals surface area contributed by atoms with Gasteiger partial charge in [0.05, 0.1) is 11.1 Å². The summed E-state index contributed by atoms with van der Waals surface area (Å²) in [5.41, 5.74) is 0.146. The summed E-state index contributed by atoms with van der Waals surface area (Å²) in [7, 11) is 0. The summed E-state index contributed by atoms with van der Waals surface area (Å²) in [6.07, 6.45) is 1.38. The highest BCUT2D eigenvalue weighted by molar-refractivity contribution is 6.08. The van der Waals surface area contributed by atoms with E-state index in [4.69, 9.17) is 0 Å². The van der Waals surface area contributed by atoms with Gasteiger partial charge >= 0.3 is 6.18 Å². The molecule has 1 aromatic carbocycles. The molecule has 0 unspecified atom stereocenters. The van der Waals surface area contributed by atoms with Crippen LogP contribution in [-0.4, -0.2) is 20.7 Å². The van der Waals surface area contributed by atoms with Crippen LogP contribution in [-0.2, 0) is 12.7 Å². The second-order valence-corrected chi connectivity index (χ2v) is 5.41. The van der Waals surface area contributed by atoms with E-state index < -0.39 is 17.5 Å². The third-order valence-electron chi connectivity index (χ3n) is 3.57. The number of carbonyl (C=O) groups is 1. The van der Waals surface area contributed by atoms with Gasteiger partial charge in [-0.3, -0.25) is 9.78 Å². The second kappa shape index (κ2) is 7.30. The number of halogens is 3. The zero-order chi connectivity index (χ0) is 18.6. The average Bonchev–Trinajstić information content (AvgIpc) is 2.66. The molecule has 0 radical (unpaired) electrons. The van der Waals surface area contributed by atoms with Crippen LogP contribution in [0.4, 0.5) is 19.1 Å². The Hall–Kier alpha value is -3.29. The van der Waals surface area contributed by atoms with Crippen molar-refractivity contribution in [3.63, 3.8) is 0 Å². The minimum absolute atomic E-state index is 0.0686. The number of ketones is 1. The molecule has 5 nitrogen and oxygen atoms in total. The number of hydrogen-bond donors (Lipinski definition) is 1. The normalized spacial score (nSPS) is 11.2. The van der Waals surface area contributed by atoms with E-state index in [0.29, 0.717) is 12.5 Å². The van der Waals surface area contributed by atoms with Gasteiger partial charge in [0.15, 0.2) is 5.78 Å². The fourth-order valence-corrected chi connectivity index (χ4v) is 2.22. The number of carbonyl (C=O) groups excluding carboxylic acids is 1. The summed E-state index contributed by atoms with van der Waals surface area (Å²) in [6, 6.07) is 7.92. The van der Waals surface area contributed by atoms with E-state index in [2.05, 4.69) is 20.3 Å². The van der Waals surface area contributed by atoms with Crippen LogP contribution in [0.15, 0.2) is 61.2 Å². The first kappa shape index (κ1) is 17.5. The molecular weight excluding hydrogens is 345 g/mol. The quantitative estimate of drug-likeness (QED) is 0.704. The molecule has 2 aromatic heterocycles. The number of hydrogen-bond acceptors (Lipinski definition) is 5. The van der Waals surface area contributed by atoms with Gasteiger partial charge in [-0.05, 0) is 29.8 Å². The van der Waals surface area contributed by atoms with Gasteiger partial charge < -0.3 is 5.32 Å². The maximum absolute atomic E-state index is 12.8. The number of rotatable bonds is 5. The molecule has 26 heavy (non-hydrogen) atoms. The van der Waals surface area contributed by atoms with Crippen LogP contribution in [0.5, 0.6) is 0 Å². The van der Waals surface area contributed by atoms with Crippen LogP contribution in [0, 0.1) is 0 Å². The van der Waals surface area contributed by atoms with E-state index in [1.807, 2.05) is 12.1 Å². The Balaban J connectivity index is 1.71. The van der Waals surface area contributed by atoms with Crippen LogP contribution >= 0.6 is 0 Å². The van der Waals surface area contributed by atoms with Gasteiger partial charge in [-0.15, -0.1) is 0 Å². The third-order valence-corrected chi connectivity index (χ3v) is 3.57. The van der Waals surface area contributed by atoms with Crippen molar-refractivity contribution in [2.45, 2.75) is 12.7 Å². The molecular formula is C18H13F3N4O. The Morgan fingerprint density at radius 2 is 1.69 bits per heavy atom. The summed E-state index contributed by atoms with van der Waals surface area (Å²) < 4.78 is 38.3. The summed E-state index contributed by atoms with van der Waals surface area (Å²) in [5.74, 6) is -0.265. The predicted octanol–water partition coefficient (Wildman–Crippen LogP) is 3.73. The lowest BCUT2D eigenvalue weighted by Crippen LogP contribution is -2.09. The molecule has 0 saturated carbocycles. The molecule has 0 spiro atoms. The topological polar surface area (TPSA) is 67.8 Å². The molecule has 8 heteroatoms. The first-order chi connectivity index (χ1) is 12.4. The molecule has 1 N–H and O–H groups in total. The van der Waals surface area contributed by atoms with Gasteiger partial charge in [0, 0.05) is 36.9 Å². The van der Waals surface area contributed by atoms with Crippen molar-refractivity contribution in [3.05, 3.63) is 83.4 Å². The highest BCUT2D eigenvalue weighted by Crippen LogP contribution is 2.29. The van der Waals surface area contributed by atoms with Gasteiger partial charge in [0.25, 0.3) is 0 Å². The lowest BCUT2D eigenvalue weighted by molar-refractivity contribution is -0.137. The van der Waals surface area contributed by atoms with Crippen molar-refractivity contribution < 1.29 is 18.0 Å². The van der Waals surface area contributed by atoms with Crippen LogP contribution in [0.3, 0.4) is 0 Å². The molecule has 0 saturated heterocycles. The number of pyridine rings is 1. The number of nitrogens with zero attached hydrogens (tertiary/aromatic N) is 3. The standard InChI is InChI=1S/C18H13F3N4O/c19-18(20,21)15-3-1-2-13(8-15)16(26)14-10-24-17(25-11-14)23-9-12-4-6-22-7-5-12/h1-8,10-11H,9H2,(H,23,24,25). The van der Waals surface area contributed by atoms with Crippen molar-refractivity contribution >= 4 is 11.7 Å². The Morgan fingerprint density at radius 1 is 1.00 bits per heavy atom. The van der Waals surface area contributed by atoms with E-state index in [1.54, 1.807) is 12.4 Å². The van der Waals surface area contributed by atoms with Gasteiger partial charge in [-0.1, -0.05) is 12.1 Å². The van der Waals surface area contributed by atoms with E-state index in [1.165, 1.54) is 24.5 Å². The fraction of sp³-hybridized carbons (Fsp3) is 0.111. The molecule has 0 aliphatic rings. The van der Waals surface area contributed by atoms with Crippen LogP contribution < -0.4 is 5.32 Å². The third kappa shape index (κ3) is 4.21. The van der Waals surface area contributed by atoms with E-state index in [9.17, 15) is 18.0 Å². The van der Waals surface area contributed by atoms with E-state index >= 15 is 0 Å². The lowest BCUT2D eigenvalue weighted by atomic mass is 10.0. The monoisotopic (exact) mass is 358 g/mol. The highest BCUT2D eigenvalue weighted by atomic mass is 19.4. The molecule has 0 amide bonds. The summed E-state index contributed by atoms with van der Waals surface area (Å²) in [5, 5.41) is 2.99. The number of anilines is 1. The Bertz CT molecular complexity index is 896. The molecule has 3 aromatic rings. The zero-order valence-electron chi connectivity index (χ0n) is 13.4. The summed E-state index contributed by atoms with van der Waals surface area (Å²) in [6.45, 7) is 0.476. The summed E-state index contributed by atoms with van der Waals surface area (Å²) >= 11 is 0. The average molecular weight is 358 g/mol. The molecule has 0 fully saturated rings. The number of aromatic nitrogens is 3. The Labute approximate surface area is 147 Å². The molecule has 2 heterocycles. The minimum atomic E-state index is -4.51. The van der Waals surface area contributed by atoms with Crippen LogP contribution in [0.25, 0.3) is 0 Å². The van der Waals surface area contributed by atoms with Crippen molar-refractivity contribution in [1.29, 1.82) is 0 Å². The van der Waals surface area contributed by atoms with Crippen LogP contribution in [0.2, 0.25) is 0 Å². The number of alkyl halides is 3. The largest absolute Gasteiger partial charge is 0.416 e. The number of nitrogens with one attached hydrogen (secondary N) is 1. The molecule has 3 rings (SSSR count). The van der Waals surface area contributed by atoms with Gasteiger partial charge in [0.2, 0.25) is 5.95 Å². The first-order valence-corrected chi connectivity index (χ1v) is 7.60. The molecule has 132 valence electrons. The van der Waals surface area contributed by atoms with Crippen molar-refractivity contribution in [2.24, 2.45) is 0 Å². The second-order valence-electron chi connectivity index (χ2n) is 5.41. The van der Waals surface area contributed by atoms with Crippen molar-refractivity contribution in [3.8, 4) is 0 Å². The summed E-state index contributed by atoms with van der Waals surface area (Å²) in [4.78, 5) is 24.3. The van der Waals surface area contributed by atoms with Crippen molar-refractivity contribution in [2.75, 3.05) is 5.32 Å². The molecule has 0 aliphatic carbocycles. The Kier molecular flexibility index (Phi) is 4.92. The van der Waals surface area contributed by atoms with Gasteiger partial charge in [-0.25, -0.2) is 9.97 Å². The first-order valence-electron chi connectivity index (χ1n) is 7.60. The van der Waals surface area contributed by atoms with Gasteiger partial charge in [0.1, 0.15) is 0 Å². The number of benzene rings is 1. The lowest BCUT2D eigenvalue weighted by Gasteiger charge is -2.08. The maximum Gasteiger partial charge on any atom is 0.416 e. The van der Waals surface area contributed by atoms with Crippen LogP contribution in [0.1, 0.15) is 27.0 Å². The SMILES string of the molecule is O=C(c1cnc(NCc2ccncc2)nc1)c1cccc(C(F)(F)F)c1. The van der Waals surface area contributed by atoms with Crippen molar-refractivity contribution in [1.82, 2.24) is 15.0 Å². The van der Waals surface area contributed by atoms with Gasteiger partial charge in [-0.2, -0.15) is 13.2 Å². The maximum atomic E-state index is 12.8. The molecule has 0 aliphatic heterocycles. The molecule has 0 atom stereocenters.